The van der Waals surface area contributed by atoms with Gasteiger partial charge in [0.05, 0.1) is 6.10 Å². The summed E-state index contributed by atoms with van der Waals surface area (Å²) in [6, 6.07) is 0. The van der Waals surface area contributed by atoms with Crippen LogP contribution in [-0.2, 0) is 0 Å². The lowest BCUT2D eigenvalue weighted by atomic mass is 9.71. The first-order valence-electron chi connectivity index (χ1n) is 4.22. The molecule has 1 unspecified atom stereocenters. The molecule has 0 aromatic rings. The molecule has 0 aromatic carbocycles. The molecule has 1 fully saturated rings. The van der Waals surface area contributed by atoms with E-state index in [1.807, 2.05) is 10.2 Å². The van der Waals surface area contributed by atoms with Gasteiger partial charge in [-0.3, -0.25) is 0 Å². The van der Waals surface area contributed by atoms with Crippen LogP contribution in [0.3, 0.4) is 0 Å². The molecule has 1 N–H and O–H groups in total. The fourth-order valence-electron chi connectivity index (χ4n) is 1.63. The Labute approximate surface area is 82.0 Å². The highest BCUT2D eigenvalue weighted by molar-refractivity contribution is 14.1. The first-order chi connectivity index (χ1) is 5.27. The van der Waals surface area contributed by atoms with Gasteiger partial charge in [0.25, 0.3) is 0 Å². The summed E-state index contributed by atoms with van der Waals surface area (Å²) < 4.78 is 1.90. The Hall–Kier alpha value is 0.430. The van der Waals surface area contributed by atoms with Crippen molar-refractivity contribution in [2.24, 2.45) is 11.8 Å². The van der Waals surface area contributed by atoms with Gasteiger partial charge in [0, 0.05) is 0 Å². The highest BCUT2D eigenvalue weighted by atomic mass is 127. The van der Waals surface area contributed by atoms with E-state index in [4.69, 9.17) is 0 Å². The summed E-state index contributed by atoms with van der Waals surface area (Å²) >= 11 is 2.15. The Bertz CT molecular complexity index is 138. The van der Waals surface area contributed by atoms with Crippen LogP contribution >= 0.6 is 22.6 Å². The van der Waals surface area contributed by atoms with Crippen molar-refractivity contribution in [3.8, 4) is 0 Å². The van der Waals surface area contributed by atoms with Gasteiger partial charge < -0.3 is 5.11 Å². The number of rotatable bonds is 3. The standard InChI is InChI=1S/C9H15IO/c1-2-7-5-8(6-7)9(11)3-4-10/h3-4,7-9,11H,2,5-6H2,1H3/b4-3+. The normalized spacial score (nSPS) is 33.7. The van der Waals surface area contributed by atoms with Crippen LogP contribution in [0.4, 0.5) is 0 Å². The van der Waals surface area contributed by atoms with E-state index in [9.17, 15) is 5.11 Å². The van der Waals surface area contributed by atoms with Crippen LogP contribution in [0.25, 0.3) is 0 Å². The van der Waals surface area contributed by atoms with E-state index in [1.165, 1.54) is 19.3 Å². The molecular weight excluding hydrogens is 251 g/mol. The number of aliphatic hydroxyl groups is 1. The van der Waals surface area contributed by atoms with Crippen LogP contribution in [0, 0.1) is 11.8 Å². The predicted octanol–water partition coefficient (Wildman–Crippen LogP) is 2.73. The Morgan fingerprint density at radius 3 is 2.73 bits per heavy atom. The van der Waals surface area contributed by atoms with E-state index in [0.717, 1.165) is 5.92 Å². The third-order valence-electron chi connectivity index (χ3n) is 2.60. The van der Waals surface area contributed by atoms with Crippen molar-refractivity contribution in [3.63, 3.8) is 0 Å². The van der Waals surface area contributed by atoms with Gasteiger partial charge in [0.2, 0.25) is 0 Å². The highest BCUT2D eigenvalue weighted by Crippen LogP contribution is 2.38. The molecule has 11 heavy (non-hydrogen) atoms. The SMILES string of the molecule is CCC1CC(C(O)/C=C/I)C1. The molecule has 1 nitrogen and oxygen atoms in total. The van der Waals surface area contributed by atoms with Crippen LogP contribution in [-0.4, -0.2) is 11.2 Å². The minimum atomic E-state index is -0.185. The van der Waals surface area contributed by atoms with Crippen LogP contribution in [0.2, 0.25) is 0 Å². The van der Waals surface area contributed by atoms with Gasteiger partial charge in [-0.2, -0.15) is 0 Å². The molecule has 1 rings (SSSR count). The van der Waals surface area contributed by atoms with E-state index < -0.39 is 0 Å². The number of aliphatic hydroxyl groups excluding tert-OH is 1. The molecule has 2 heteroatoms. The molecule has 0 amide bonds. The zero-order valence-electron chi connectivity index (χ0n) is 6.83. The monoisotopic (exact) mass is 266 g/mol. The molecule has 1 atom stereocenters. The average molecular weight is 266 g/mol. The number of hydrogen-bond donors (Lipinski definition) is 1. The van der Waals surface area contributed by atoms with Crippen molar-refractivity contribution >= 4 is 22.6 Å². The highest BCUT2D eigenvalue weighted by Gasteiger charge is 2.31. The predicted molar refractivity (Wildman–Crippen MR) is 55.7 cm³/mol. The molecule has 0 heterocycles. The lowest BCUT2D eigenvalue weighted by molar-refractivity contribution is 0.0572. The van der Waals surface area contributed by atoms with Gasteiger partial charge >= 0.3 is 0 Å². The molecule has 1 saturated carbocycles. The summed E-state index contributed by atoms with van der Waals surface area (Å²) in [6.45, 7) is 2.22. The topological polar surface area (TPSA) is 20.2 Å². The van der Waals surface area contributed by atoms with Gasteiger partial charge in [0.1, 0.15) is 0 Å². The molecule has 64 valence electrons. The quantitative estimate of drug-likeness (QED) is 0.779. The molecule has 0 aliphatic heterocycles. The Balaban J connectivity index is 2.20. The molecular formula is C9H15IO. The second kappa shape index (κ2) is 4.45. The Morgan fingerprint density at radius 1 is 1.64 bits per heavy atom. The lowest BCUT2D eigenvalue weighted by Crippen LogP contribution is -2.32. The maximum atomic E-state index is 9.49. The van der Waals surface area contributed by atoms with E-state index in [-0.39, 0.29) is 6.10 Å². The molecule has 1 aliphatic rings. The molecule has 0 spiro atoms. The second-order valence-corrected chi connectivity index (χ2v) is 4.03. The zero-order valence-corrected chi connectivity index (χ0v) is 8.99. The largest absolute Gasteiger partial charge is 0.389 e. The minimum absolute atomic E-state index is 0.185. The van der Waals surface area contributed by atoms with E-state index in [0.29, 0.717) is 5.92 Å². The van der Waals surface area contributed by atoms with E-state index in [1.54, 1.807) is 0 Å². The third kappa shape index (κ3) is 2.44. The second-order valence-electron chi connectivity index (χ2n) is 3.31. The first-order valence-corrected chi connectivity index (χ1v) is 5.47. The van der Waals surface area contributed by atoms with Crippen LogP contribution in [0.5, 0.6) is 0 Å². The van der Waals surface area contributed by atoms with Crippen LogP contribution in [0.1, 0.15) is 26.2 Å². The molecule has 0 aromatic heterocycles. The van der Waals surface area contributed by atoms with Crippen molar-refractivity contribution in [3.05, 3.63) is 10.2 Å². The summed E-state index contributed by atoms with van der Waals surface area (Å²) in [5, 5.41) is 9.49. The van der Waals surface area contributed by atoms with Gasteiger partial charge in [0.15, 0.2) is 0 Å². The van der Waals surface area contributed by atoms with Gasteiger partial charge in [-0.25, -0.2) is 0 Å². The average Bonchev–Trinajstić information content (AvgIpc) is 1.86. The summed E-state index contributed by atoms with van der Waals surface area (Å²) in [5.41, 5.74) is 0. The van der Waals surface area contributed by atoms with Gasteiger partial charge in [-0.1, -0.05) is 35.9 Å². The zero-order chi connectivity index (χ0) is 8.27. The number of halogens is 1. The lowest BCUT2D eigenvalue weighted by Gasteiger charge is -2.36. The van der Waals surface area contributed by atoms with Crippen molar-refractivity contribution in [2.45, 2.75) is 32.3 Å². The molecule has 1 aliphatic carbocycles. The smallest absolute Gasteiger partial charge is 0.0756 e. The van der Waals surface area contributed by atoms with Crippen LogP contribution < -0.4 is 0 Å². The fraction of sp³-hybridized carbons (Fsp3) is 0.778. The van der Waals surface area contributed by atoms with E-state index >= 15 is 0 Å². The van der Waals surface area contributed by atoms with Crippen LogP contribution in [0.15, 0.2) is 10.2 Å². The summed E-state index contributed by atoms with van der Waals surface area (Å²) in [5.74, 6) is 1.43. The molecule has 0 bridgehead atoms. The Morgan fingerprint density at radius 2 is 2.27 bits per heavy atom. The van der Waals surface area contributed by atoms with Crippen molar-refractivity contribution in [1.29, 1.82) is 0 Å². The van der Waals surface area contributed by atoms with Gasteiger partial charge in [-0.05, 0) is 34.8 Å². The third-order valence-corrected chi connectivity index (χ3v) is 3.02. The Kier molecular flexibility index (Phi) is 3.85. The molecule has 0 radical (unpaired) electrons. The van der Waals surface area contributed by atoms with Crippen molar-refractivity contribution < 1.29 is 5.11 Å². The van der Waals surface area contributed by atoms with Crippen molar-refractivity contribution in [1.82, 2.24) is 0 Å². The minimum Gasteiger partial charge on any atom is -0.389 e. The number of hydrogen-bond acceptors (Lipinski definition) is 1. The van der Waals surface area contributed by atoms with Gasteiger partial charge in [-0.15, -0.1) is 0 Å². The maximum Gasteiger partial charge on any atom is 0.0756 e. The summed E-state index contributed by atoms with van der Waals surface area (Å²) in [6.07, 6.45) is 5.42. The first kappa shape index (κ1) is 9.52. The van der Waals surface area contributed by atoms with Crippen molar-refractivity contribution in [2.75, 3.05) is 0 Å². The maximum absolute atomic E-state index is 9.49. The van der Waals surface area contributed by atoms with E-state index in [2.05, 4.69) is 29.5 Å². The molecule has 0 saturated heterocycles. The fourth-order valence-corrected chi connectivity index (χ4v) is 2.06. The summed E-state index contributed by atoms with van der Waals surface area (Å²) in [7, 11) is 0. The summed E-state index contributed by atoms with van der Waals surface area (Å²) in [4.78, 5) is 0.